The molecule has 18 heavy (non-hydrogen) atoms. The van der Waals surface area contributed by atoms with Crippen LogP contribution in [0.5, 0.6) is 5.75 Å². The Morgan fingerprint density at radius 3 is 2.78 bits per heavy atom. The summed E-state index contributed by atoms with van der Waals surface area (Å²) in [6.07, 6.45) is 3.02. The molecule has 1 saturated heterocycles. The summed E-state index contributed by atoms with van der Waals surface area (Å²) in [6, 6.07) is 7.45. The molecule has 0 spiro atoms. The Balaban J connectivity index is 1.92. The van der Waals surface area contributed by atoms with Crippen molar-refractivity contribution in [1.29, 1.82) is 0 Å². The highest BCUT2D eigenvalue weighted by Crippen LogP contribution is 2.20. The number of unbranched alkanes of at least 4 members (excludes halogenated alkanes) is 1. The number of carbonyl (C=O) groups is 1. The average Bonchev–Trinajstić information content (AvgIpc) is 2.93. The molecule has 1 aromatic rings. The summed E-state index contributed by atoms with van der Waals surface area (Å²) in [5, 5.41) is 0. The molecule has 3 heteroatoms. The van der Waals surface area contributed by atoms with Crippen molar-refractivity contribution in [2.45, 2.75) is 26.2 Å². The second-order valence-corrected chi connectivity index (χ2v) is 4.65. The lowest BCUT2D eigenvalue weighted by Crippen LogP contribution is -2.14. The van der Waals surface area contributed by atoms with E-state index in [0.29, 0.717) is 13.2 Å². The van der Waals surface area contributed by atoms with Crippen LogP contribution in [0.2, 0.25) is 0 Å². The summed E-state index contributed by atoms with van der Waals surface area (Å²) in [7, 11) is 0. The molecule has 1 unspecified atom stereocenters. The van der Waals surface area contributed by atoms with Crippen molar-refractivity contribution in [3.8, 4) is 5.75 Å². The Morgan fingerprint density at radius 2 is 2.17 bits per heavy atom. The maximum atomic E-state index is 12.1. The average molecular weight is 248 g/mol. The normalized spacial score (nSPS) is 18.8. The van der Waals surface area contributed by atoms with Crippen molar-refractivity contribution in [2.75, 3.05) is 19.8 Å². The summed E-state index contributed by atoms with van der Waals surface area (Å²) >= 11 is 0. The Morgan fingerprint density at radius 1 is 1.39 bits per heavy atom. The molecule has 1 aromatic carbocycles. The Hall–Kier alpha value is -1.35. The van der Waals surface area contributed by atoms with Gasteiger partial charge in [-0.25, -0.2) is 0 Å². The van der Waals surface area contributed by atoms with E-state index in [-0.39, 0.29) is 11.7 Å². The second-order valence-electron chi connectivity index (χ2n) is 4.65. The lowest BCUT2D eigenvalue weighted by molar-refractivity contribution is 0.0900. The van der Waals surface area contributed by atoms with Gasteiger partial charge in [0.15, 0.2) is 5.78 Å². The van der Waals surface area contributed by atoms with Gasteiger partial charge in [0.2, 0.25) is 0 Å². The number of carbonyl (C=O) groups excluding carboxylic acids is 1. The van der Waals surface area contributed by atoms with Gasteiger partial charge in [-0.1, -0.05) is 13.3 Å². The Bertz CT molecular complexity index is 377. The van der Waals surface area contributed by atoms with E-state index in [1.807, 2.05) is 24.3 Å². The summed E-state index contributed by atoms with van der Waals surface area (Å²) in [5.41, 5.74) is 0.758. The molecular weight excluding hydrogens is 228 g/mol. The third-order valence-electron chi connectivity index (χ3n) is 3.21. The zero-order valence-corrected chi connectivity index (χ0v) is 10.9. The monoisotopic (exact) mass is 248 g/mol. The van der Waals surface area contributed by atoms with Crippen LogP contribution in [-0.4, -0.2) is 25.6 Å². The fourth-order valence-corrected chi connectivity index (χ4v) is 2.03. The van der Waals surface area contributed by atoms with Crippen LogP contribution < -0.4 is 4.74 Å². The summed E-state index contributed by atoms with van der Waals surface area (Å²) < 4.78 is 10.8. The third kappa shape index (κ3) is 3.33. The summed E-state index contributed by atoms with van der Waals surface area (Å²) in [4.78, 5) is 12.1. The first-order valence-electron chi connectivity index (χ1n) is 6.66. The van der Waals surface area contributed by atoms with Crippen LogP contribution in [0.25, 0.3) is 0 Å². The Labute approximate surface area is 108 Å². The minimum Gasteiger partial charge on any atom is -0.494 e. The molecular formula is C15H20O3. The quantitative estimate of drug-likeness (QED) is 0.573. The molecule has 98 valence electrons. The number of hydrogen-bond donors (Lipinski definition) is 0. The fraction of sp³-hybridized carbons (Fsp3) is 0.533. The lowest BCUT2D eigenvalue weighted by atomic mass is 9.97. The molecule has 1 atom stereocenters. The van der Waals surface area contributed by atoms with E-state index in [0.717, 1.165) is 37.2 Å². The van der Waals surface area contributed by atoms with Crippen molar-refractivity contribution in [3.05, 3.63) is 29.8 Å². The van der Waals surface area contributed by atoms with Gasteiger partial charge < -0.3 is 9.47 Å². The molecule has 0 aliphatic carbocycles. The van der Waals surface area contributed by atoms with Gasteiger partial charge in [0.05, 0.1) is 13.2 Å². The molecule has 0 bridgehead atoms. The van der Waals surface area contributed by atoms with Gasteiger partial charge in [-0.15, -0.1) is 0 Å². The minimum absolute atomic E-state index is 0.0388. The summed E-state index contributed by atoms with van der Waals surface area (Å²) in [5.74, 6) is 1.06. The maximum Gasteiger partial charge on any atom is 0.168 e. The van der Waals surface area contributed by atoms with Crippen LogP contribution >= 0.6 is 0 Å². The van der Waals surface area contributed by atoms with E-state index in [2.05, 4.69) is 6.92 Å². The van der Waals surface area contributed by atoms with Crippen molar-refractivity contribution in [3.63, 3.8) is 0 Å². The predicted octanol–water partition coefficient (Wildman–Crippen LogP) is 3.08. The van der Waals surface area contributed by atoms with E-state index < -0.39 is 0 Å². The van der Waals surface area contributed by atoms with Crippen molar-refractivity contribution >= 4 is 5.78 Å². The molecule has 0 N–H and O–H groups in total. The van der Waals surface area contributed by atoms with E-state index in [1.165, 1.54) is 0 Å². The second kappa shape index (κ2) is 6.55. The first-order valence-corrected chi connectivity index (χ1v) is 6.66. The number of benzene rings is 1. The number of rotatable bonds is 6. The van der Waals surface area contributed by atoms with Gasteiger partial charge in [0.25, 0.3) is 0 Å². The predicted molar refractivity (Wildman–Crippen MR) is 70.1 cm³/mol. The number of ether oxygens (including phenoxy) is 2. The van der Waals surface area contributed by atoms with Crippen LogP contribution in [0, 0.1) is 5.92 Å². The van der Waals surface area contributed by atoms with Crippen LogP contribution in [0.3, 0.4) is 0 Å². The van der Waals surface area contributed by atoms with Gasteiger partial charge in [0, 0.05) is 18.1 Å². The highest BCUT2D eigenvalue weighted by molar-refractivity contribution is 5.98. The van der Waals surface area contributed by atoms with Crippen LogP contribution in [0.1, 0.15) is 36.5 Å². The first kappa shape index (κ1) is 13.1. The standard InChI is InChI=1S/C15H20O3/c1-2-3-9-18-14-6-4-12(5-7-14)15(16)13-8-10-17-11-13/h4-7,13H,2-3,8-11H2,1H3. The zero-order valence-electron chi connectivity index (χ0n) is 10.9. The van der Waals surface area contributed by atoms with E-state index in [4.69, 9.17) is 9.47 Å². The minimum atomic E-state index is 0.0388. The van der Waals surface area contributed by atoms with Gasteiger partial charge in [-0.2, -0.15) is 0 Å². The molecule has 0 radical (unpaired) electrons. The van der Waals surface area contributed by atoms with Crippen molar-refractivity contribution in [1.82, 2.24) is 0 Å². The lowest BCUT2D eigenvalue weighted by Gasteiger charge is -2.08. The highest BCUT2D eigenvalue weighted by Gasteiger charge is 2.24. The number of Topliss-reactive ketones (excluding diaryl/α,β-unsaturated/α-hetero) is 1. The van der Waals surface area contributed by atoms with Crippen LogP contribution in [-0.2, 0) is 4.74 Å². The largest absolute Gasteiger partial charge is 0.494 e. The molecule has 1 aliphatic heterocycles. The molecule has 0 saturated carbocycles. The number of hydrogen-bond acceptors (Lipinski definition) is 3. The first-order chi connectivity index (χ1) is 8.81. The van der Waals surface area contributed by atoms with Gasteiger partial charge in [-0.3, -0.25) is 4.79 Å². The highest BCUT2D eigenvalue weighted by atomic mass is 16.5. The molecule has 0 aromatic heterocycles. The van der Waals surface area contributed by atoms with Crippen molar-refractivity contribution < 1.29 is 14.3 Å². The number of ketones is 1. The zero-order chi connectivity index (χ0) is 12.8. The van der Waals surface area contributed by atoms with E-state index in [1.54, 1.807) is 0 Å². The third-order valence-corrected chi connectivity index (χ3v) is 3.21. The molecule has 3 nitrogen and oxygen atoms in total. The molecule has 1 fully saturated rings. The van der Waals surface area contributed by atoms with E-state index in [9.17, 15) is 4.79 Å². The fourth-order valence-electron chi connectivity index (χ4n) is 2.03. The van der Waals surface area contributed by atoms with E-state index >= 15 is 0 Å². The smallest absolute Gasteiger partial charge is 0.168 e. The van der Waals surface area contributed by atoms with Crippen LogP contribution in [0.15, 0.2) is 24.3 Å². The molecule has 0 amide bonds. The molecule has 1 heterocycles. The van der Waals surface area contributed by atoms with Gasteiger partial charge in [-0.05, 0) is 37.1 Å². The van der Waals surface area contributed by atoms with Crippen molar-refractivity contribution in [2.24, 2.45) is 5.92 Å². The van der Waals surface area contributed by atoms with Gasteiger partial charge >= 0.3 is 0 Å². The summed E-state index contributed by atoms with van der Waals surface area (Å²) in [6.45, 7) is 4.14. The SMILES string of the molecule is CCCCOc1ccc(C(=O)C2CCOC2)cc1. The van der Waals surface area contributed by atoms with Crippen LogP contribution in [0.4, 0.5) is 0 Å². The Kier molecular flexibility index (Phi) is 4.76. The molecule has 2 rings (SSSR count). The maximum absolute atomic E-state index is 12.1. The van der Waals surface area contributed by atoms with Gasteiger partial charge in [0.1, 0.15) is 5.75 Å². The molecule has 1 aliphatic rings. The topological polar surface area (TPSA) is 35.5 Å².